The predicted octanol–water partition coefficient (Wildman–Crippen LogP) is 2.69. The molecule has 1 fully saturated rings. The number of hydrogen-bond acceptors (Lipinski definition) is 4. The van der Waals surface area contributed by atoms with Crippen LogP contribution in [0.15, 0.2) is 5.38 Å². The fraction of sp³-hybridized carbons (Fsp3) is 0.800. The van der Waals surface area contributed by atoms with Crippen molar-refractivity contribution in [1.82, 2.24) is 14.0 Å². The summed E-state index contributed by atoms with van der Waals surface area (Å²) in [6.07, 6.45) is 3.65. The summed E-state index contributed by atoms with van der Waals surface area (Å²) >= 11 is 1.60. The van der Waals surface area contributed by atoms with E-state index >= 15 is 0 Å². The molecule has 1 aromatic heterocycles. The van der Waals surface area contributed by atoms with Gasteiger partial charge in [-0.05, 0) is 19.8 Å². The monoisotopic (exact) mass is 345 g/mol. The number of rotatable bonds is 5. The van der Waals surface area contributed by atoms with Crippen LogP contribution in [0.25, 0.3) is 0 Å². The third-order valence-electron chi connectivity index (χ3n) is 3.99. The Bertz CT molecular complexity index is 590. The first-order valence-electron chi connectivity index (χ1n) is 7.91. The molecule has 1 atom stereocenters. The van der Waals surface area contributed by atoms with E-state index in [4.69, 9.17) is 0 Å². The molecule has 1 saturated heterocycles. The molecule has 0 saturated carbocycles. The van der Waals surface area contributed by atoms with E-state index in [0.29, 0.717) is 19.5 Å². The molecule has 1 aliphatic heterocycles. The van der Waals surface area contributed by atoms with Gasteiger partial charge in [-0.15, -0.1) is 11.3 Å². The van der Waals surface area contributed by atoms with Gasteiger partial charge in [-0.25, -0.2) is 9.71 Å². The Labute approximate surface area is 138 Å². The van der Waals surface area contributed by atoms with Crippen LogP contribution >= 0.6 is 11.3 Å². The minimum absolute atomic E-state index is 0.0392. The van der Waals surface area contributed by atoms with Crippen LogP contribution in [0, 0.1) is 0 Å². The zero-order valence-corrected chi connectivity index (χ0v) is 15.6. The van der Waals surface area contributed by atoms with Gasteiger partial charge in [0.05, 0.1) is 10.7 Å². The van der Waals surface area contributed by atoms with Crippen molar-refractivity contribution in [1.29, 1.82) is 0 Å². The van der Waals surface area contributed by atoms with E-state index in [2.05, 4.69) is 35.9 Å². The number of thiazole rings is 1. The minimum atomic E-state index is -3.36. The van der Waals surface area contributed by atoms with E-state index in [1.807, 2.05) is 6.92 Å². The smallest absolute Gasteiger partial charge is 0.246 e. The van der Waals surface area contributed by atoms with Gasteiger partial charge in [-0.3, -0.25) is 0 Å². The Kier molecular flexibility index (Phi) is 5.63. The van der Waals surface area contributed by atoms with E-state index < -0.39 is 10.2 Å². The van der Waals surface area contributed by atoms with E-state index in [0.717, 1.165) is 30.0 Å². The summed E-state index contributed by atoms with van der Waals surface area (Å²) < 4.78 is 29.0. The fourth-order valence-electron chi connectivity index (χ4n) is 2.57. The highest BCUT2D eigenvalue weighted by Crippen LogP contribution is 2.24. The highest BCUT2D eigenvalue weighted by Gasteiger charge is 2.29. The number of nitrogens with one attached hydrogen (secondary N) is 1. The lowest BCUT2D eigenvalue weighted by molar-refractivity contribution is 0.265. The van der Waals surface area contributed by atoms with Crippen LogP contribution in [0.5, 0.6) is 0 Å². The lowest BCUT2D eigenvalue weighted by Gasteiger charge is -2.32. The second-order valence-corrected chi connectivity index (χ2v) is 9.63. The maximum atomic E-state index is 12.3. The predicted molar refractivity (Wildman–Crippen MR) is 91.5 cm³/mol. The zero-order chi connectivity index (χ0) is 16.4. The normalized spacial score (nSPS) is 21.2. The minimum Gasteiger partial charge on any atom is -0.246 e. The molecule has 7 heteroatoms. The number of hydrogen-bond donors (Lipinski definition) is 1. The van der Waals surface area contributed by atoms with Gasteiger partial charge in [-0.1, -0.05) is 27.2 Å². The largest absolute Gasteiger partial charge is 0.279 e. The molecule has 1 aliphatic rings. The number of aromatic nitrogens is 1. The van der Waals surface area contributed by atoms with Crippen LogP contribution in [0.4, 0.5) is 0 Å². The number of nitrogens with zero attached hydrogens (tertiary/aromatic N) is 2. The molecule has 0 radical (unpaired) electrons. The second kappa shape index (κ2) is 6.95. The third kappa shape index (κ3) is 4.50. The van der Waals surface area contributed by atoms with Gasteiger partial charge >= 0.3 is 0 Å². The van der Waals surface area contributed by atoms with Crippen LogP contribution in [0.1, 0.15) is 57.7 Å². The fourth-order valence-corrected chi connectivity index (χ4v) is 5.07. The van der Waals surface area contributed by atoms with Crippen molar-refractivity contribution in [3.8, 4) is 0 Å². The molecule has 2 heterocycles. The average Bonchev–Trinajstić information content (AvgIpc) is 2.87. The first kappa shape index (κ1) is 17.8. The lowest BCUT2D eigenvalue weighted by atomic mass is 9.93. The van der Waals surface area contributed by atoms with Crippen molar-refractivity contribution in [2.45, 2.75) is 64.8 Å². The van der Waals surface area contributed by atoms with Gasteiger partial charge in [-0.2, -0.15) is 12.7 Å². The zero-order valence-electron chi connectivity index (χ0n) is 13.9. The summed E-state index contributed by atoms with van der Waals surface area (Å²) in [6, 6.07) is 0.0959. The molecule has 0 spiro atoms. The topological polar surface area (TPSA) is 62.3 Å². The molecule has 1 N–H and O–H groups in total. The van der Waals surface area contributed by atoms with Crippen LogP contribution in [-0.4, -0.2) is 36.8 Å². The maximum absolute atomic E-state index is 12.3. The standard InChI is InChI=1S/C15H27N3O2S2/c1-12-7-5-6-10-18(12)22(19,20)16-9-8-14-17-13(11-21-14)15(2,3)4/h11-12,16H,5-10H2,1-4H3/t12-/m0/s1. The molecule has 0 aliphatic carbocycles. The van der Waals surface area contributed by atoms with Gasteiger partial charge in [0.1, 0.15) is 0 Å². The van der Waals surface area contributed by atoms with Crippen LogP contribution < -0.4 is 4.72 Å². The summed E-state index contributed by atoms with van der Waals surface area (Å²) in [5.41, 5.74) is 1.11. The van der Waals surface area contributed by atoms with Crippen LogP contribution in [-0.2, 0) is 22.0 Å². The van der Waals surface area contributed by atoms with Crippen molar-refractivity contribution in [2.24, 2.45) is 0 Å². The SMILES string of the molecule is C[C@H]1CCCCN1S(=O)(=O)NCCc1nc(C(C)(C)C)cs1. The van der Waals surface area contributed by atoms with Gasteiger partial charge < -0.3 is 0 Å². The molecular weight excluding hydrogens is 318 g/mol. The van der Waals surface area contributed by atoms with Gasteiger partial charge in [0.15, 0.2) is 0 Å². The van der Waals surface area contributed by atoms with E-state index in [-0.39, 0.29) is 11.5 Å². The van der Waals surface area contributed by atoms with Crippen LogP contribution in [0.2, 0.25) is 0 Å². The molecule has 126 valence electrons. The highest BCUT2D eigenvalue weighted by atomic mass is 32.2. The van der Waals surface area contributed by atoms with Crippen molar-refractivity contribution in [3.05, 3.63) is 16.1 Å². The lowest BCUT2D eigenvalue weighted by Crippen LogP contribution is -2.48. The van der Waals surface area contributed by atoms with Crippen molar-refractivity contribution >= 4 is 21.5 Å². The quantitative estimate of drug-likeness (QED) is 0.892. The Balaban J connectivity index is 1.88. The van der Waals surface area contributed by atoms with Gasteiger partial charge in [0.25, 0.3) is 10.2 Å². The first-order valence-corrected chi connectivity index (χ1v) is 10.2. The summed E-state index contributed by atoms with van der Waals surface area (Å²) in [5, 5.41) is 3.05. The molecule has 0 aromatic carbocycles. The molecule has 5 nitrogen and oxygen atoms in total. The third-order valence-corrected chi connectivity index (χ3v) is 6.63. The van der Waals surface area contributed by atoms with E-state index in [9.17, 15) is 8.42 Å². The molecule has 1 aromatic rings. The van der Waals surface area contributed by atoms with Crippen molar-refractivity contribution < 1.29 is 8.42 Å². The molecule has 2 rings (SSSR count). The molecule has 0 amide bonds. The van der Waals surface area contributed by atoms with Crippen LogP contribution in [0.3, 0.4) is 0 Å². The molecule has 0 unspecified atom stereocenters. The maximum Gasteiger partial charge on any atom is 0.279 e. The molecule has 0 bridgehead atoms. The summed E-state index contributed by atoms with van der Waals surface area (Å²) in [5.74, 6) is 0. The first-order chi connectivity index (χ1) is 10.2. The Morgan fingerprint density at radius 1 is 1.41 bits per heavy atom. The van der Waals surface area contributed by atoms with Gasteiger partial charge in [0.2, 0.25) is 0 Å². The Hall–Kier alpha value is -0.500. The number of piperidine rings is 1. The van der Waals surface area contributed by atoms with E-state index in [1.165, 1.54) is 0 Å². The summed E-state index contributed by atoms with van der Waals surface area (Å²) in [7, 11) is -3.36. The summed E-state index contributed by atoms with van der Waals surface area (Å²) in [6.45, 7) is 9.41. The highest BCUT2D eigenvalue weighted by molar-refractivity contribution is 7.87. The molecule has 22 heavy (non-hydrogen) atoms. The van der Waals surface area contributed by atoms with Crippen molar-refractivity contribution in [3.63, 3.8) is 0 Å². The Morgan fingerprint density at radius 3 is 2.73 bits per heavy atom. The average molecular weight is 346 g/mol. The Morgan fingerprint density at radius 2 is 2.14 bits per heavy atom. The van der Waals surface area contributed by atoms with E-state index in [1.54, 1.807) is 15.6 Å². The summed E-state index contributed by atoms with van der Waals surface area (Å²) in [4.78, 5) is 4.60. The van der Waals surface area contributed by atoms with Crippen molar-refractivity contribution in [2.75, 3.05) is 13.1 Å². The second-order valence-electron chi connectivity index (χ2n) is 6.98. The van der Waals surface area contributed by atoms with Gasteiger partial charge in [0, 0.05) is 36.3 Å². The molecular formula is C15H27N3O2S2.